The van der Waals surface area contributed by atoms with Gasteiger partial charge >= 0.3 is 0 Å². The third-order valence-corrected chi connectivity index (χ3v) is 4.86. The van der Waals surface area contributed by atoms with Gasteiger partial charge in [0.2, 0.25) is 0 Å². The van der Waals surface area contributed by atoms with E-state index in [0.29, 0.717) is 0 Å². The fraction of sp³-hybridized carbons (Fsp3) is 0.462. The highest BCUT2D eigenvalue weighted by molar-refractivity contribution is 7.60. The van der Waals surface area contributed by atoms with Gasteiger partial charge in [0.15, 0.2) is 0 Å². The molecule has 0 aliphatic carbocycles. The number of hydrogen-bond acceptors (Lipinski definition) is 0. The van der Waals surface area contributed by atoms with Crippen molar-refractivity contribution in [3.8, 4) is 0 Å². The van der Waals surface area contributed by atoms with E-state index >= 15 is 0 Å². The van der Waals surface area contributed by atoms with Gasteiger partial charge in [0, 0.05) is 6.16 Å². The molecule has 1 radical (unpaired) electrons. The Balaban J connectivity index is 2.46. The number of hydrogen-bond donors (Lipinski definition) is 0. The number of rotatable bonds is 6. The second-order valence-corrected chi connectivity index (χ2v) is 5.91. The first kappa shape index (κ1) is 11.7. The first-order valence-electron chi connectivity index (χ1n) is 5.50. The lowest BCUT2D eigenvalue weighted by atomic mass is 10.2. The van der Waals surface area contributed by atoms with E-state index in [9.17, 15) is 0 Å². The Morgan fingerprint density at radius 1 is 1.00 bits per heavy atom. The second kappa shape index (κ2) is 7.01. The molecule has 0 aliphatic heterocycles. The molecule has 0 saturated carbocycles. The lowest BCUT2D eigenvalue weighted by Gasteiger charge is -2.15. The molecular weight excluding hydrogens is 187 g/mol. The number of benzene rings is 1. The Kier molecular flexibility index (Phi) is 5.87. The minimum absolute atomic E-state index is 0.138. The summed E-state index contributed by atoms with van der Waals surface area (Å²) >= 11 is 0. The van der Waals surface area contributed by atoms with Crippen molar-refractivity contribution in [3.05, 3.63) is 42.1 Å². The second-order valence-electron chi connectivity index (χ2n) is 3.58. The Hall–Kier alpha value is -0.350. The third-order valence-electron chi connectivity index (χ3n) is 2.15. The van der Waals surface area contributed by atoms with Crippen LogP contribution in [0.4, 0.5) is 0 Å². The van der Waals surface area contributed by atoms with Crippen LogP contribution in [0.2, 0.25) is 0 Å². The van der Waals surface area contributed by atoms with Crippen LogP contribution in [0.15, 0.2) is 30.3 Å². The van der Waals surface area contributed by atoms with Crippen LogP contribution in [0.25, 0.3) is 0 Å². The van der Waals surface area contributed by atoms with E-state index in [-0.39, 0.29) is 7.92 Å². The Bertz CT molecular complexity index is 224. The van der Waals surface area contributed by atoms with Gasteiger partial charge in [0.25, 0.3) is 0 Å². The van der Waals surface area contributed by atoms with E-state index in [2.05, 4.69) is 50.3 Å². The smallest absolute Gasteiger partial charge is 0.0150 e. The first-order valence-corrected chi connectivity index (χ1v) is 7.29. The summed E-state index contributed by atoms with van der Waals surface area (Å²) in [6.07, 6.45) is 7.89. The van der Waals surface area contributed by atoms with E-state index in [4.69, 9.17) is 0 Å². The molecule has 0 spiro atoms. The zero-order valence-electron chi connectivity index (χ0n) is 9.24. The molecule has 0 heterocycles. The zero-order chi connectivity index (χ0) is 10.2. The van der Waals surface area contributed by atoms with E-state index in [1.165, 1.54) is 30.7 Å². The van der Waals surface area contributed by atoms with Gasteiger partial charge in [-0.2, -0.15) is 0 Å². The molecule has 14 heavy (non-hydrogen) atoms. The van der Waals surface area contributed by atoms with Crippen molar-refractivity contribution in [2.24, 2.45) is 0 Å². The van der Waals surface area contributed by atoms with Crippen LogP contribution in [0.5, 0.6) is 0 Å². The Morgan fingerprint density at radius 2 is 1.57 bits per heavy atom. The highest BCUT2D eigenvalue weighted by Crippen LogP contribution is 2.42. The van der Waals surface area contributed by atoms with Crippen molar-refractivity contribution in [2.45, 2.75) is 26.7 Å². The minimum Gasteiger partial charge on any atom is -0.0981 e. The molecule has 77 valence electrons. The van der Waals surface area contributed by atoms with Gasteiger partial charge < -0.3 is 0 Å². The van der Waals surface area contributed by atoms with E-state index in [1.807, 2.05) is 0 Å². The molecule has 0 bridgehead atoms. The molecule has 1 heteroatoms. The van der Waals surface area contributed by atoms with E-state index in [0.717, 1.165) is 0 Å². The molecule has 1 aromatic carbocycles. The summed E-state index contributed by atoms with van der Waals surface area (Å²) in [6, 6.07) is 10.7. The zero-order valence-corrected chi connectivity index (χ0v) is 10.1. The lowest BCUT2D eigenvalue weighted by Crippen LogP contribution is -1.90. The van der Waals surface area contributed by atoms with Gasteiger partial charge in [-0.25, -0.2) is 0 Å². The van der Waals surface area contributed by atoms with Gasteiger partial charge in [0.05, 0.1) is 0 Å². The molecule has 1 aromatic rings. The highest BCUT2D eigenvalue weighted by atomic mass is 31.1. The molecular formula is C13H20P. The van der Waals surface area contributed by atoms with Crippen LogP contribution >= 0.6 is 7.92 Å². The van der Waals surface area contributed by atoms with Crippen molar-refractivity contribution >= 4 is 7.92 Å². The van der Waals surface area contributed by atoms with Crippen LogP contribution in [0.3, 0.4) is 0 Å². The van der Waals surface area contributed by atoms with Crippen molar-refractivity contribution in [2.75, 3.05) is 12.3 Å². The van der Waals surface area contributed by atoms with Crippen LogP contribution < -0.4 is 0 Å². The van der Waals surface area contributed by atoms with E-state index < -0.39 is 0 Å². The summed E-state index contributed by atoms with van der Waals surface area (Å²) in [5.74, 6) is 0. The SMILES string of the molecule is CCCP([CH]c1ccccc1)CCC. The monoisotopic (exact) mass is 207 g/mol. The summed E-state index contributed by atoms with van der Waals surface area (Å²) in [7, 11) is 0.138. The molecule has 0 unspecified atom stereocenters. The molecule has 0 amide bonds. The average molecular weight is 207 g/mol. The summed E-state index contributed by atoms with van der Waals surface area (Å²) < 4.78 is 0. The lowest BCUT2D eigenvalue weighted by molar-refractivity contribution is 1.05. The summed E-state index contributed by atoms with van der Waals surface area (Å²) in [5.41, 5.74) is 1.40. The maximum Gasteiger partial charge on any atom is 0.0150 e. The van der Waals surface area contributed by atoms with Crippen molar-refractivity contribution < 1.29 is 0 Å². The quantitative estimate of drug-likeness (QED) is 0.602. The van der Waals surface area contributed by atoms with Crippen LogP contribution in [-0.4, -0.2) is 12.3 Å². The van der Waals surface area contributed by atoms with Crippen molar-refractivity contribution in [1.82, 2.24) is 0 Å². The molecule has 0 N–H and O–H groups in total. The minimum atomic E-state index is 0.138. The fourth-order valence-electron chi connectivity index (χ4n) is 1.57. The van der Waals surface area contributed by atoms with Crippen molar-refractivity contribution in [1.29, 1.82) is 0 Å². The molecule has 0 nitrogen and oxygen atoms in total. The Labute approximate surface area is 89.5 Å². The fourth-order valence-corrected chi connectivity index (χ4v) is 3.79. The summed E-state index contributed by atoms with van der Waals surface area (Å²) in [5, 5.41) is 0. The Morgan fingerprint density at radius 3 is 2.07 bits per heavy atom. The maximum atomic E-state index is 2.49. The summed E-state index contributed by atoms with van der Waals surface area (Å²) in [6.45, 7) is 4.56. The topological polar surface area (TPSA) is 0 Å². The highest BCUT2D eigenvalue weighted by Gasteiger charge is 2.06. The molecule has 0 saturated heterocycles. The molecule has 1 rings (SSSR count). The van der Waals surface area contributed by atoms with Crippen LogP contribution in [-0.2, 0) is 0 Å². The van der Waals surface area contributed by atoms with Gasteiger partial charge in [-0.05, 0) is 17.9 Å². The van der Waals surface area contributed by atoms with Crippen LogP contribution in [0, 0.1) is 6.16 Å². The largest absolute Gasteiger partial charge is 0.0981 e. The summed E-state index contributed by atoms with van der Waals surface area (Å²) in [4.78, 5) is 0. The maximum absolute atomic E-state index is 2.49. The normalized spacial score (nSPS) is 10.8. The van der Waals surface area contributed by atoms with Gasteiger partial charge in [-0.1, -0.05) is 64.9 Å². The van der Waals surface area contributed by atoms with Gasteiger partial charge in [-0.15, -0.1) is 0 Å². The molecule has 0 aromatic heterocycles. The van der Waals surface area contributed by atoms with Crippen molar-refractivity contribution in [3.63, 3.8) is 0 Å². The molecule has 0 fully saturated rings. The van der Waals surface area contributed by atoms with Gasteiger partial charge in [-0.3, -0.25) is 0 Å². The molecule has 0 atom stereocenters. The van der Waals surface area contributed by atoms with Crippen LogP contribution in [0.1, 0.15) is 32.3 Å². The van der Waals surface area contributed by atoms with E-state index in [1.54, 1.807) is 0 Å². The average Bonchev–Trinajstić information content (AvgIpc) is 2.20. The van der Waals surface area contributed by atoms with Gasteiger partial charge in [0.1, 0.15) is 0 Å². The molecule has 0 aliphatic rings. The standard InChI is InChI=1S/C13H20P/c1-3-10-14(11-4-2)12-13-8-6-5-7-9-13/h5-9,12H,3-4,10-11H2,1-2H3. The predicted octanol–water partition coefficient (Wildman–Crippen LogP) is 4.50. The third kappa shape index (κ3) is 4.24. The predicted molar refractivity (Wildman–Crippen MR) is 67.1 cm³/mol. The first-order chi connectivity index (χ1) is 6.86.